The van der Waals surface area contributed by atoms with Crippen molar-refractivity contribution >= 4 is 56.3 Å². The molecule has 0 bridgehead atoms. The Morgan fingerprint density at radius 1 is 1.15 bits per heavy atom. The van der Waals surface area contributed by atoms with Crippen LogP contribution in [0.25, 0.3) is 6.08 Å². The number of carbonyl (C=O) groups is 3. The van der Waals surface area contributed by atoms with Gasteiger partial charge in [-0.15, -0.1) is 11.3 Å². The van der Waals surface area contributed by atoms with Gasteiger partial charge in [0.15, 0.2) is 0 Å². The number of nitrogens with one attached hydrogen (secondary N) is 1. The lowest BCUT2D eigenvalue weighted by Crippen LogP contribution is -2.44. The molecule has 12 heteroatoms. The Balaban J connectivity index is 1.25. The van der Waals surface area contributed by atoms with Crippen molar-refractivity contribution in [1.82, 2.24) is 14.5 Å². The molecular formula is C22H22FN3O5S3. The Bertz CT molecular complexity index is 1200. The first-order chi connectivity index (χ1) is 16.3. The predicted molar refractivity (Wildman–Crippen MR) is 128 cm³/mol. The number of imide groups is 1. The van der Waals surface area contributed by atoms with Crippen LogP contribution in [0.5, 0.6) is 0 Å². The van der Waals surface area contributed by atoms with Crippen LogP contribution in [0.15, 0.2) is 50.9 Å². The quantitative estimate of drug-likeness (QED) is 0.560. The molecule has 1 aromatic carbocycles. The van der Waals surface area contributed by atoms with Crippen LogP contribution in [0, 0.1) is 11.7 Å². The highest BCUT2D eigenvalue weighted by molar-refractivity contribution is 8.18. The Labute approximate surface area is 204 Å². The second-order valence-electron chi connectivity index (χ2n) is 7.79. The standard InChI is InChI=1S/C22H22FN3O5S3/c23-17-5-3-15(4-6-17)14-18-21(28)26(22(29)33-18)12-9-24-20(27)16-7-10-25(11-8-16)34(30,31)19-2-1-13-32-19/h1-6,13-14,16H,7-12H2,(H,24,27). The third-order valence-electron chi connectivity index (χ3n) is 5.59. The minimum Gasteiger partial charge on any atom is -0.354 e. The third-order valence-corrected chi connectivity index (χ3v) is 9.77. The summed E-state index contributed by atoms with van der Waals surface area (Å²) in [7, 11) is -3.53. The molecule has 3 amide bonds. The Hall–Kier alpha value is -2.54. The summed E-state index contributed by atoms with van der Waals surface area (Å²) in [6.07, 6.45) is 2.33. The molecule has 180 valence electrons. The van der Waals surface area contributed by atoms with Gasteiger partial charge in [0.05, 0.1) is 4.91 Å². The highest BCUT2D eigenvalue weighted by atomic mass is 32.2. The summed E-state index contributed by atoms with van der Waals surface area (Å²) in [6, 6.07) is 8.83. The van der Waals surface area contributed by atoms with Crippen LogP contribution in [0.1, 0.15) is 18.4 Å². The first kappa shape index (κ1) is 24.6. The van der Waals surface area contributed by atoms with Crippen molar-refractivity contribution in [2.45, 2.75) is 17.1 Å². The van der Waals surface area contributed by atoms with Crippen LogP contribution in [0.2, 0.25) is 0 Å². The largest absolute Gasteiger partial charge is 0.354 e. The van der Waals surface area contributed by atoms with Gasteiger partial charge in [0, 0.05) is 32.1 Å². The minimum absolute atomic E-state index is 0.0305. The smallest absolute Gasteiger partial charge is 0.293 e. The normalized spacial score (nSPS) is 19.2. The van der Waals surface area contributed by atoms with Gasteiger partial charge in [-0.1, -0.05) is 18.2 Å². The lowest BCUT2D eigenvalue weighted by atomic mass is 9.97. The molecule has 0 aliphatic carbocycles. The van der Waals surface area contributed by atoms with E-state index in [0.29, 0.717) is 22.6 Å². The van der Waals surface area contributed by atoms with Crippen molar-refractivity contribution in [3.63, 3.8) is 0 Å². The van der Waals surface area contributed by atoms with Crippen molar-refractivity contribution in [3.05, 3.63) is 58.1 Å². The van der Waals surface area contributed by atoms with E-state index in [1.165, 1.54) is 46.0 Å². The van der Waals surface area contributed by atoms with Gasteiger partial charge >= 0.3 is 0 Å². The van der Waals surface area contributed by atoms with E-state index in [0.717, 1.165) is 16.7 Å². The van der Waals surface area contributed by atoms with Gasteiger partial charge in [-0.3, -0.25) is 19.3 Å². The van der Waals surface area contributed by atoms with Crippen molar-refractivity contribution < 1.29 is 27.2 Å². The van der Waals surface area contributed by atoms with Crippen LogP contribution in [0.3, 0.4) is 0 Å². The first-order valence-electron chi connectivity index (χ1n) is 10.6. The number of rotatable bonds is 7. The molecule has 4 rings (SSSR count). The van der Waals surface area contributed by atoms with Crippen LogP contribution < -0.4 is 5.32 Å². The molecule has 2 aliphatic rings. The van der Waals surface area contributed by atoms with Crippen molar-refractivity contribution in [1.29, 1.82) is 0 Å². The number of hydrogen-bond donors (Lipinski definition) is 1. The number of benzene rings is 1. The second-order valence-corrected chi connectivity index (χ2v) is 11.9. The fraction of sp³-hybridized carbons (Fsp3) is 0.318. The van der Waals surface area contributed by atoms with Gasteiger partial charge in [0.1, 0.15) is 10.0 Å². The molecule has 0 unspecified atom stereocenters. The molecule has 34 heavy (non-hydrogen) atoms. The molecule has 2 aromatic rings. The Morgan fingerprint density at radius 3 is 2.50 bits per heavy atom. The maximum atomic E-state index is 13.1. The van der Waals surface area contributed by atoms with Crippen molar-refractivity contribution in [3.8, 4) is 0 Å². The molecule has 0 spiro atoms. The second kappa shape index (κ2) is 10.4. The summed E-state index contributed by atoms with van der Waals surface area (Å²) < 4.78 is 40.0. The molecule has 0 saturated carbocycles. The van der Waals surface area contributed by atoms with E-state index in [2.05, 4.69) is 5.32 Å². The topological polar surface area (TPSA) is 104 Å². The Morgan fingerprint density at radius 2 is 1.85 bits per heavy atom. The lowest BCUT2D eigenvalue weighted by molar-refractivity contribution is -0.127. The van der Waals surface area contributed by atoms with Crippen LogP contribution >= 0.6 is 23.1 Å². The molecule has 0 radical (unpaired) electrons. The summed E-state index contributed by atoms with van der Waals surface area (Å²) in [5.41, 5.74) is 0.604. The summed E-state index contributed by atoms with van der Waals surface area (Å²) in [6.45, 7) is 0.655. The van der Waals surface area contributed by atoms with E-state index in [1.807, 2.05) is 0 Å². The number of thiophene rings is 1. The fourth-order valence-corrected chi connectivity index (χ4v) is 7.21. The average molecular weight is 524 g/mol. The fourth-order valence-electron chi connectivity index (χ4n) is 3.73. The van der Waals surface area contributed by atoms with Gasteiger partial charge < -0.3 is 5.32 Å². The summed E-state index contributed by atoms with van der Waals surface area (Å²) in [5.74, 6) is -1.40. The average Bonchev–Trinajstić information content (AvgIpc) is 3.46. The zero-order chi connectivity index (χ0) is 24.3. The van der Waals surface area contributed by atoms with E-state index in [9.17, 15) is 27.2 Å². The number of thioether (sulfide) groups is 1. The molecule has 3 heterocycles. The van der Waals surface area contributed by atoms with Gasteiger partial charge in [-0.2, -0.15) is 4.31 Å². The zero-order valence-electron chi connectivity index (χ0n) is 18.0. The molecule has 0 atom stereocenters. The van der Waals surface area contributed by atoms with Gasteiger partial charge in [-0.25, -0.2) is 12.8 Å². The minimum atomic E-state index is -3.53. The van der Waals surface area contributed by atoms with Crippen LogP contribution in [-0.2, 0) is 19.6 Å². The summed E-state index contributed by atoms with van der Waals surface area (Å²) in [4.78, 5) is 38.6. The molecule has 2 fully saturated rings. The first-order valence-corrected chi connectivity index (χ1v) is 13.7. The molecule has 2 saturated heterocycles. The number of carbonyl (C=O) groups excluding carboxylic acids is 3. The molecule has 8 nitrogen and oxygen atoms in total. The highest BCUT2D eigenvalue weighted by Crippen LogP contribution is 2.32. The molecular weight excluding hydrogens is 501 g/mol. The molecule has 2 aliphatic heterocycles. The van der Waals surface area contributed by atoms with Gasteiger partial charge in [0.2, 0.25) is 5.91 Å². The third kappa shape index (κ3) is 5.40. The molecule has 1 N–H and O–H groups in total. The van der Waals surface area contributed by atoms with Gasteiger partial charge in [-0.05, 0) is 59.8 Å². The SMILES string of the molecule is O=C(NCCN1C(=O)SC(=Cc2ccc(F)cc2)C1=O)C1CCN(S(=O)(=O)c2cccs2)CC1. The summed E-state index contributed by atoms with van der Waals surface area (Å²) >= 11 is 1.97. The number of nitrogens with zero attached hydrogens (tertiary/aromatic N) is 2. The lowest BCUT2D eigenvalue weighted by Gasteiger charge is -2.30. The number of sulfonamides is 1. The number of halogens is 1. The predicted octanol–water partition coefficient (Wildman–Crippen LogP) is 3.14. The summed E-state index contributed by atoms with van der Waals surface area (Å²) in [5, 5.41) is 4.03. The van der Waals surface area contributed by atoms with E-state index in [4.69, 9.17) is 0 Å². The van der Waals surface area contributed by atoms with Gasteiger partial charge in [0.25, 0.3) is 21.2 Å². The van der Waals surface area contributed by atoms with Crippen LogP contribution in [0.4, 0.5) is 9.18 Å². The Kier molecular flexibility index (Phi) is 7.51. The van der Waals surface area contributed by atoms with E-state index >= 15 is 0 Å². The number of hydrogen-bond acceptors (Lipinski definition) is 7. The number of piperidine rings is 1. The highest BCUT2D eigenvalue weighted by Gasteiger charge is 2.35. The van der Waals surface area contributed by atoms with E-state index < -0.39 is 27.0 Å². The van der Waals surface area contributed by atoms with E-state index in [-0.39, 0.29) is 42.9 Å². The zero-order valence-corrected chi connectivity index (χ0v) is 20.4. The van der Waals surface area contributed by atoms with Crippen LogP contribution in [-0.4, -0.2) is 60.9 Å². The molecule has 1 aromatic heterocycles. The van der Waals surface area contributed by atoms with Crippen molar-refractivity contribution in [2.75, 3.05) is 26.2 Å². The maximum absolute atomic E-state index is 13.1. The monoisotopic (exact) mass is 523 g/mol. The maximum Gasteiger partial charge on any atom is 0.293 e. The van der Waals surface area contributed by atoms with E-state index in [1.54, 1.807) is 17.5 Å². The number of amides is 3. The van der Waals surface area contributed by atoms with Crippen molar-refractivity contribution in [2.24, 2.45) is 5.92 Å².